The zero-order valence-corrected chi connectivity index (χ0v) is 23.2. The first-order chi connectivity index (χ1) is 19.3. The van der Waals surface area contributed by atoms with Crippen LogP contribution in [0.5, 0.6) is 5.75 Å². The Labute approximate surface area is 230 Å². The van der Waals surface area contributed by atoms with Crippen LogP contribution in [0.2, 0.25) is 0 Å². The van der Waals surface area contributed by atoms with Crippen LogP contribution in [-0.4, -0.2) is 68.2 Å². The van der Waals surface area contributed by atoms with Crippen molar-refractivity contribution in [1.29, 1.82) is 0 Å². The molecule has 0 bridgehead atoms. The number of nitrogens with zero attached hydrogens (tertiary/aromatic N) is 5. The quantitative estimate of drug-likeness (QED) is 0.253. The summed E-state index contributed by atoms with van der Waals surface area (Å²) in [5.74, 6) is 0.914. The number of carbonyl (C=O) groups is 2. The second kappa shape index (κ2) is 12.6. The molecule has 2 N–H and O–H groups in total. The predicted octanol–water partition coefficient (Wildman–Crippen LogP) is 2.76. The lowest BCUT2D eigenvalue weighted by Gasteiger charge is -2.12. The first-order valence-electron chi connectivity index (χ1n) is 13.1. The van der Waals surface area contributed by atoms with Crippen molar-refractivity contribution in [2.45, 2.75) is 47.1 Å². The number of carbonyl (C=O) groups excluding carboxylic acids is 2. The van der Waals surface area contributed by atoms with Crippen molar-refractivity contribution in [1.82, 2.24) is 29.4 Å². The fraction of sp³-hybridized carbons (Fsp3) is 0.407. The van der Waals surface area contributed by atoms with Gasteiger partial charge in [0.25, 0.3) is 11.5 Å². The van der Waals surface area contributed by atoms with E-state index >= 15 is 0 Å². The molecule has 0 saturated carbocycles. The number of methoxy groups -OCH3 is 1. The lowest BCUT2D eigenvalue weighted by atomic mass is 10.1. The van der Waals surface area contributed by atoms with Gasteiger partial charge in [0, 0.05) is 25.2 Å². The first-order valence-corrected chi connectivity index (χ1v) is 13.1. The minimum absolute atomic E-state index is 0.164. The number of rotatable bonds is 12. The summed E-state index contributed by atoms with van der Waals surface area (Å²) in [6.45, 7) is 7.64. The number of hydrogen-bond donors (Lipinski definition) is 2. The maximum absolute atomic E-state index is 13.1. The Bertz CT molecular complexity index is 1550. The van der Waals surface area contributed by atoms with Gasteiger partial charge in [0.05, 0.1) is 30.2 Å². The summed E-state index contributed by atoms with van der Waals surface area (Å²) in [6.07, 6.45) is 1.51. The van der Waals surface area contributed by atoms with Crippen molar-refractivity contribution >= 4 is 23.2 Å². The summed E-state index contributed by atoms with van der Waals surface area (Å²) in [4.78, 5) is 44.9. The van der Waals surface area contributed by atoms with Crippen LogP contribution in [0, 0.1) is 6.92 Å². The Balaban J connectivity index is 1.83. The third-order valence-electron chi connectivity index (χ3n) is 5.95. The van der Waals surface area contributed by atoms with Gasteiger partial charge in [-0.25, -0.2) is 14.2 Å². The first kappa shape index (κ1) is 28.5. The van der Waals surface area contributed by atoms with Crippen molar-refractivity contribution in [3.05, 3.63) is 46.1 Å². The van der Waals surface area contributed by atoms with Gasteiger partial charge in [-0.2, -0.15) is 5.10 Å². The molecule has 1 amide bonds. The number of aromatic nitrogens is 6. The molecule has 0 aliphatic heterocycles. The molecule has 3 aromatic heterocycles. The van der Waals surface area contributed by atoms with Crippen molar-refractivity contribution in [3.8, 4) is 28.4 Å². The SMILES string of the molecule is CCCc1nc(C)c2c(=O)[nH]c(-c3cc(-c4cc(NC(=O)COC)n(CC(=O)OCC)n4)ccc3OCC)nn12. The summed E-state index contributed by atoms with van der Waals surface area (Å²) in [7, 11) is 1.41. The maximum Gasteiger partial charge on any atom is 0.327 e. The van der Waals surface area contributed by atoms with Gasteiger partial charge in [-0.1, -0.05) is 6.92 Å². The van der Waals surface area contributed by atoms with Crippen LogP contribution >= 0.6 is 0 Å². The lowest BCUT2D eigenvalue weighted by molar-refractivity contribution is -0.144. The Morgan fingerprint density at radius 2 is 1.90 bits per heavy atom. The number of benzene rings is 1. The number of anilines is 1. The number of H-pyrrole nitrogens is 1. The molecular formula is C27H33N7O6. The fourth-order valence-electron chi connectivity index (χ4n) is 4.32. The van der Waals surface area contributed by atoms with E-state index in [0.717, 1.165) is 6.42 Å². The van der Waals surface area contributed by atoms with E-state index in [4.69, 9.17) is 19.3 Å². The number of esters is 1. The standard InChI is InChI=1S/C27H33N7O6/c1-6-9-21-28-16(4)25-27(37)30-26(32-34(21)25)18-12-17(10-11-20(18)39-7-2)19-13-22(29-23(35)15-38-5)33(31-19)14-24(36)40-8-3/h10-13H,6-9,14-15H2,1-5H3,(H,29,35)(H,30,32,37). The average molecular weight is 552 g/mol. The highest BCUT2D eigenvalue weighted by Crippen LogP contribution is 2.33. The Hall–Kier alpha value is -4.52. The van der Waals surface area contributed by atoms with Crippen molar-refractivity contribution < 1.29 is 23.8 Å². The molecule has 0 radical (unpaired) electrons. The highest BCUT2D eigenvalue weighted by atomic mass is 16.5. The number of aryl methyl sites for hydroxylation is 2. The maximum atomic E-state index is 13.1. The number of imidazole rings is 1. The van der Waals surface area contributed by atoms with E-state index in [1.165, 1.54) is 11.8 Å². The largest absolute Gasteiger partial charge is 0.493 e. The molecule has 40 heavy (non-hydrogen) atoms. The number of amides is 1. The molecule has 3 heterocycles. The van der Waals surface area contributed by atoms with E-state index in [9.17, 15) is 14.4 Å². The molecule has 4 aromatic rings. The molecule has 0 spiro atoms. The molecule has 0 aliphatic carbocycles. The molecule has 0 atom stereocenters. The number of fused-ring (bicyclic) bond motifs is 1. The van der Waals surface area contributed by atoms with Gasteiger partial charge in [0.15, 0.2) is 11.3 Å². The highest BCUT2D eigenvalue weighted by molar-refractivity contribution is 5.91. The molecule has 212 valence electrons. The molecule has 0 saturated heterocycles. The summed E-state index contributed by atoms with van der Waals surface area (Å²) in [5.41, 5.74) is 2.34. The second-order valence-electron chi connectivity index (χ2n) is 8.93. The number of nitrogens with one attached hydrogen (secondary N) is 2. The molecule has 0 fully saturated rings. The zero-order chi connectivity index (χ0) is 28.8. The van der Waals surface area contributed by atoms with E-state index in [1.807, 2.05) is 13.8 Å². The minimum atomic E-state index is -0.500. The molecule has 0 aliphatic rings. The Morgan fingerprint density at radius 3 is 2.60 bits per heavy atom. The average Bonchev–Trinajstić information content (AvgIpc) is 3.45. The van der Waals surface area contributed by atoms with Gasteiger partial charge in [0.2, 0.25) is 0 Å². The van der Waals surface area contributed by atoms with E-state index in [2.05, 4.69) is 20.4 Å². The molecule has 4 rings (SSSR count). The smallest absolute Gasteiger partial charge is 0.327 e. The van der Waals surface area contributed by atoms with Crippen LogP contribution in [-0.2, 0) is 32.0 Å². The third kappa shape index (κ3) is 6.04. The van der Waals surface area contributed by atoms with Crippen molar-refractivity contribution in [3.63, 3.8) is 0 Å². The second-order valence-corrected chi connectivity index (χ2v) is 8.93. The zero-order valence-electron chi connectivity index (χ0n) is 23.2. The molecular weight excluding hydrogens is 518 g/mol. The van der Waals surface area contributed by atoms with E-state index in [1.54, 1.807) is 42.6 Å². The molecule has 13 heteroatoms. The van der Waals surface area contributed by atoms with Gasteiger partial charge >= 0.3 is 5.97 Å². The number of aromatic amines is 1. The predicted molar refractivity (Wildman–Crippen MR) is 147 cm³/mol. The van der Waals surface area contributed by atoms with Crippen LogP contribution in [0.3, 0.4) is 0 Å². The topological polar surface area (TPSA) is 155 Å². The highest BCUT2D eigenvalue weighted by Gasteiger charge is 2.20. The van der Waals surface area contributed by atoms with Crippen LogP contribution in [0.4, 0.5) is 5.82 Å². The number of hydrogen-bond acceptors (Lipinski definition) is 9. The Kier molecular flexibility index (Phi) is 8.94. The van der Waals surface area contributed by atoms with Crippen LogP contribution < -0.4 is 15.6 Å². The molecule has 13 nitrogen and oxygen atoms in total. The van der Waals surface area contributed by atoms with Gasteiger partial charge in [-0.3, -0.25) is 14.4 Å². The van der Waals surface area contributed by atoms with Gasteiger partial charge in [0.1, 0.15) is 30.5 Å². The van der Waals surface area contributed by atoms with Crippen molar-refractivity contribution in [2.75, 3.05) is 32.2 Å². The van der Waals surface area contributed by atoms with Crippen LogP contribution in [0.25, 0.3) is 28.2 Å². The fourth-order valence-corrected chi connectivity index (χ4v) is 4.32. The van der Waals surface area contributed by atoms with E-state index in [-0.39, 0.29) is 25.3 Å². The third-order valence-corrected chi connectivity index (χ3v) is 5.95. The van der Waals surface area contributed by atoms with Crippen molar-refractivity contribution in [2.24, 2.45) is 0 Å². The molecule has 1 aromatic carbocycles. The normalized spacial score (nSPS) is 11.1. The monoisotopic (exact) mass is 551 g/mol. The summed E-state index contributed by atoms with van der Waals surface area (Å²) in [5, 5.41) is 12.0. The minimum Gasteiger partial charge on any atom is -0.493 e. The van der Waals surface area contributed by atoms with Gasteiger partial charge in [-0.05, 0) is 45.4 Å². The van der Waals surface area contributed by atoms with Gasteiger partial charge < -0.3 is 24.5 Å². The van der Waals surface area contributed by atoms with E-state index < -0.39 is 11.9 Å². The Morgan fingerprint density at radius 1 is 1.10 bits per heavy atom. The van der Waals surface area contributed by atoms with Crippen LogP contribution in [0.1, 0.15) is 38.7 Å². The summed E-state index contributed by atoms with van der Waals surface area (Å²) >= 11 is 0. The summed E-state index contributed by atoms with van der Waals surface area (Å²) < 4.78 is 18.8. The number of ether oxygens (including phenoxy) is 3. The van der Waals surface area contributed by atoms with Gasteiger partial charge in [-0.15, -0.1) is 5.10 Å². The van der Waals surface area contributed by atoms with E-state index in [0.29, 0.717) is 64.3 Å². The lowest BCUT2D eigenvalue weighted by Crippen LogP contribution is -2.22. The van der Waals surface area contributed by atoms with Crippen LogP contribution in [0.15, 0.2) is 29.1 Å². The molecule has 0 unspecified atom stereocenters. The summed E-state index contributed by atoms with van der Waals surface area (Å²) in [6, 6.07) is 6.99.